The molecule has 2 N–H and O–H groups in total. The summed E-state index contributed by atoms with van der Waals surface area (Å²) >= 11 is 0. The predicted octanol–water partition coefficient (Wildman–Crippen LogP) is 1.95. The van der Waals surface area contributed by atoms with Crippen LogP contribution in [0.5, 0.6) is 0 Å². The Labute approximate surface area is 129 Å². The quantitative estimate of drug-likeness (QED) is 0.885. The molecule has 1 aliphatic rings. The molecule has 0 atom stereocenters. The third-order valence-corrected chi connectivity index (χ3v) is 3.82. The summed E-state index contributed by atoms with van der Waals surface area (Å²) in [6.45, 7) is 1.86. The maximum atomic E-state index is 12.1. The first-order valence-electron chi connectivity index (χ1n) is 7.44. The highest BCUT2D eigenvalue weighted by Crippen LogP contribution is 2.22. The number of amides is 1. The van der Waals surface area contributed by atoms with Gasteiger partial charge in [-0.25, -0.2) is 0 Å². The van der Waals surface area contributed by atoms with E-state index in [1.165, 1.54) is 0 Å². The third kappa shape index (κ3) is 3.28. The van der Waals surface area contributed by atoms with E-state index in [0.29, 0.717) is 32.0 Å². The van der Waals surface area contributed by atoms with Crippen molar-refractivity contribution >= 4 is 17.4 Å². The molecular formula is C16H20N4O2. The van der Waals surface area contributed by atoms with Crippen molar-refractivity contribution in [1.82, 2.24) is 10.2 Å². The van der Waals surface area contributed by atoms with E-state index < -0.39 is 0 Å². The van der Waals surface area contributed by atoms with Crippen molar-refractivity contribution in [3.8, 4) is 0 Å². The lowest BCUT2D eigenvalue weighted by molar-refractivity contribution is -0.116. The van der Waals surface area contributed by atoms with Gasteiger partial charge < -0.3 is 15.0 Å². The molecule has 0 bridgehead atoms. The first-order valence-corrected chi connectivity index (χ1v) is 7.44. The van der Waals surface area contributed by atoms with Gasteiger partial charge in [0.15, 0.2) is 5.82 Å². The van der Waals surface area contributed by atoms with Crippen LogP contribution in [0.15, 0.2) is 30.3 Å². The van der Waals surface area contributed by atoms with Gasteiger partial charge in [-0.05, 0) is 12.1 Å². The van der Waals surface area contributed by atoms with Crippen molar-refractivity contribution in [3.05, 3.63) is 41.6 Å². The monoisotopic (exact) mass is 300 g/mol. The molecule has 1 amide bonds. The Morgan fingerprint density at radius 3 is 3.05 bits per heavy atom. The van der Waals surface area contributed by atoms with Gasteiger partial charge in [-0.1, -0.05) is 18.2 Å². The lowest BCUT2D eigenvalue weighted by atomic mass is 10.1. The van der Waals surface area contributed by atoms with E-state index in [0.717, 1.165) is 23.4 Å². The molecule has 2 heterocycles. The number of hydrogen-bond donors (Lipinski definition) is 2. The average molecular weight is 300 g/mol. The summed E-state index contributed by atoms with van der Waals surface area (Å²) in [5.41, 5.74) is 3.12. The number of aromatic amines is 1. The second kappa shape index (κ2) is 6.62. The van der Waals surface area contributed by atoms with Gasteiger partial charge in [0.05, 0.1) is 13.2 Å². The average Bonchev–Trinajstić information content (AvgIpc) is 2.97. The molecule has 1 aromatic carbocycles. The number of nitrogens with zero attached hydrogens (tertiary/aromatic N) is 2. The van der Waals surface area contributed by atoms with Gasteiger partial charge in [0.25, 0.3) is 0 Å². The van der Waals surface area contributed by atoms with Crippen molar-refractivity contribution in [2.75, 3.05) is 30.4 Å². The largest absolute Gasteiger partial charge is 0.376 e. The van der Waals surface area contributed by atoms with Crippen LogP contribution < -0.4 is 10.2 Å². The van der Waals surface area contributed by atoms with Gasteiger partial charge in [0, 0.05) is 43.4 Å². The number of nitrogens with one attached hydrogen (secondary N) is 2. The number of rotatable bonds is 5. The lowest BCUT2D eigenvalue weighted by Gasteiger charge is -2.18. The van der Waals surface area contributed by atoms with Crippen LogP contribution in [0.25, 0.3) is 0 Å². The number of carbonyl (C=O) groups excluding carboxylic acids is 1. The summed E-state index contributed by atoms with van der Waals surface area (Å²) in [5.74, 6) is 0.560. The van der Waals surface area contributed by atoms with Crippen LogP contribution in [0.1, 0.15) is 17.7 Å². The van der Waals surface area contributed by atoms with Gasteiger partial charge in [0.1, 0.15) is 0 Å². The maximum absolute atomic E-state index is 12.1. The first kappa shape index (κ1) is 14.6. The highest BCUT2D eigenvalue weighted by Gasteiger charge is 2.18. The molecule has 3 rings (SSSR count). The normalized spacial score (nSPS) is 13.5. The molecular weight excluding hydrogens is 280 g/mol. The van der Waals surface area contributed by atoms with Gasteiger partial charge in [-0.2, -0.15) is 5.10 Å². The summed E-state index contributed by atoms with van der Waals surface area (Å²) in [5, 5.41) is 10.0. The number of fused-ring (bicyclic) bond motifs is 1. The SMILES string of the molecule is CN(CCC(=O)Nc1n[nH]c2c1COCC2)c1ccccc1. The van der Waals surface area contributed by atoms with Crippen molar-refractivity contribution in [2.24, 2.45) is 0 Å². The standard InChI is InChI=1S/C16H20N4O2/c1-20(12-5-3-2-4-6-12)9-7-15(21)17-16-13-11-22-10-8-14(13)18-19-16/h2-6H,7-11H2,1H3,(H2,17,18,19,21). The number of H-pyrrole nitrogens is 1. The highest BCUT2D eigenvalue weighted by atomic mass is 16.5. The van der Waals surface area contributed by atoms with Crippen LogP contribution in [0.2, 0.25) is 0 Å². The van der Waals surface area contributed by atoms with E-state index in [9.17, 15) is 4.79 Å². The zero-order valence-corrected chi connectivity index (χ0v) is 12.6. The third-order valence-electron chi connectivity index (χ3n) is 3.82. The van der Waals surface area contributed by atoms with E-state index >= 15 is 0 Å². The van der Waals surface area contributed by atoms with E-state index in [4.69, 9.17) is 4.74 Å². The van der Waals surface area contributed by atoms with Gasteiger partial charge >= 0.3 is 0 Å². The molecule has 0 aliphatic carbocycles. The number of para-hydroxylation sites is 1. The smallest absolute Gasteiger partial charge is 0.227 e. The molecule has 0 spiro atoms. The van der Waals surface area contributed by atoms with Crippen LogP contribution >= 0.6 is 0 Å². The fourth-order valence-electron chi connectivity index (χ4n) is 2.49. The Morgan fingerprint density at radius 2 is 2.23 bits per heavy atom. The number of ether oxygens (including phenoxy) is 1. The van der Waals surface area contributed by atoms with Gasteiger partial charge in [-0.3, -0.25) is 9.89 Å². The van der Waals surface area contributed by atoms with E-state index in [-0.39, 0.29) is 5.91 Å². The van der Waals surface area contributed by atoms with E-state index in [2.05, 4.69) is 20.4 Å². The van der Waals surface area contributed by atoms with Crippen LogP contribution in [0.4, 0.5) is 11.5 Å². The van der Waals surface area contributed by atoms with Crippen molar-refractivity contribution in [2.45, 2.75) is 19.4 Å². The summed E-state index contributed by atoms with van der Waals surface area (Å²) in [4.78, 5) is 14.2. The topological polar surface area (TPSA) is 70.2 Å². The molecule has 6 nitrogen and oxygen atoms in total. The summed E-state index contributed by atoms with van der Waals surface area (Å²) in [7, 11) is 1.98. The van der Waals surface area contributed by atoms with Crippen LogP contribution in [0, 0.1) is 0 Å². The Hall–Kier alpha value is -2.34. The van der Waals surface area contributed by atoms with E-state index in [1.807, 2.05) is 37.4 Å². The molecule has 1 aromatic heterocycles. The van der Waals surface area contributed by atoms with Crippen LogP contribution in [0.3, 0.4) is 0 Å². The second-order valence-corrected chi connectivity index (χ2v) is 5.39. The molecule has 0 saturated heterocycles. The van der Waals surface area contributed by atoms with Crippen LogP contribution in [-0.2, 0) is 22.6 Å². The zero-order chi connectivity index (χ0) is 15.4. The molecule has 0 saturated carbocycles. The minimum absolute atomic E-state index is 0.0392. The molecule has 2 aromatic rings. The molecule has 0 unspecified atom stereocenters. The predicted molar refractivity (Wildman–Crippen MR) is 84.9 cm³/mol. The lowest BCUT2D eigenvalue weighted by Crippen LogP contribution is -2.24. The minimum atomic E-state index is -0.0392. The Morgan fingerprint density at radius 1 is 1.41 bits per heavy atom. The number of carbonyl (C=O) groups is 1. The highest BCUT2D eigenvalue weighted by molar-refractivity contribution is 5.90. The summed E-state index contributed by atoms with van der Waals surface area (Å²) in [6.07, 6.45) is 1.23. The Balaban J connectivity index is 1.54. The molecule has 0 fully saturated rings. The second-order valence-electron chi connectivity index (χ2n) is 5.39. The molecule has 0 radical (unpaired) electrons. The zero-order valence-electron chi connectivity index (χ0n) is 12.6. The number of aromatic nitrogens is 2. The van der Waals surface area contributed by atoms with Gasteiger partial charge in [-0.15, -0.1) is 0 Å². The summed E-state index contributed by atoms with van der Waals surface area (Å²) in [6, 6.07) is 10.0. The van der Waals surface area contributed by atoms with Crippen molar-refractivity contribution in [1.29, 1.82) is 0 Å². The molecule has 116 valence electrons. The molecule has 1 aliphatic heterocycles. The Kier molecular flexibility index (Phi) is 4.39. The van der Waals surface area contributed by atoms with E-state index in [1.54, 1.807) is 0 Å². The fraction of sp³-hybridized carbons (Fsp3) is 0.375. The number of anilines is 2. The first-order chi connectivity index (χ1) is 10.7. The fourth-order valence-corrected chi connectivity index (χ4v) is 2.49. The Bertz CT molecular complexity index is 639. The number of hydrogen-bond acceptors (Lipinski definition) is 4. The summed E-state index contributed by atoms with van der Waals surface area (Å²) < 4.78 is 5.41. The van der Waals surface area contributed by atoms with Gasteiger partial charge in [0.2, 0.25) is 5.91 Å². The van der Waals surface area contributed by atoms with Crippen LogP contribution in [-0.4, -0.2) is 36.3 Å². The number of benzene rings is 1. The molecule has 6 heteroatoms. The molecule has 22 heavy (non-hydrogen) atoms. The minimum Gasteiger partial charge on any atom is -0.376 e. The van der Waals surface area contributed by atoms with Crippen molar-refractivity contribution in [3.63, 3.8) is 0 Å². The maximum Gasteiger partial charge on any atom is 0.227 e. The van der Waals surface area contributed by atoms with Crippen molar-refractivity contribution < 1.29 is 9.53 Å².